The SMILES string of the molecule is CC(C)[C@H](N)C(=O)NCC(=O)N[C@@H](C)c1ccccc1Cl. The van der Waals surface area contributed by atoms with Gasteiger partial charge in [-0.15, -0.1) is 0 Å². The monoisotopic (exact) mass is 311 g/mol. The molecule has 1 aromatic carbocycles. The van der Waals surface area contributed by atoms with E-state index in [2.05, 4.69) is 10.6 Å². The Balaban J connectivity index is 2.48. The van der Waals surface area contributed by atoms with E-state index in [0.29, 0.717) is 5.02 Å². The van der Waals surface area contributed by atoms with Crippen molar-refractivity contribution in [2.45, 2.75) is 32.9 Å². The smallest absolute Gasteiger partial charge is 0.239 e. The van der Waals surface area contributed by atoms with E-state index in [1.807, 2.05) is 39.0 Å². The van der Waals surface area contributed by atoms with Crippen LogP contribution in [0.25, 0.3) is 0 Å². The van der Waals surface area contributed by atoms with Crippen LogP contribution in [0.5, 0.6) is 0 Å². The molecule has 0 aliphatic rings. The molecule has 0 bridgehead atoms. The third kappa shape index (κ3) is 5.36. The van der Waals surface area contributed by atoms with Gasteiger partial charge < -0.3 is 16.4 Å². The van der Waals surface area contributed by atoms with E-state index in [-0.39, 0.29) is 30.3 Å². The molecule has 0 saturated carbocycles. The zero-order valence-corrected chi connectivity index (χ0v) is 13.3. The maximum atomic E-state index is 11.8. The second-order valence-corrected chi connectivity index (χ2v) is 5.71. The van der Waals surface area contributed by atoms with Crippen LogP contribution in [-0.2, 0) is 9.59 Å². The number of carbonyl (C=O) groups excluding carboxylic acids is 2. The van der Waals surface area contributed by atoms with Gasteiger partial charge in [0.05, 0.1) is 18.6 Å². The van der Waals surface area contributed by atoms with Gasteiger partial charge in [-0.3, -0.25) is 9.59 Å². The van der Waals surface area contributed by atoms with Crippen LogP contribution in [0.3, 0.4) is 0 Å². The van der Waals surface area contributed by atoms with Crippen molar-refractivity contribution in [1.29, 1.82) is 0 Å². The van der Waals surface area contributed by atoms with E-state index >= 15 is 0 Å². The summed E-state index contributed by atoms with van der Waals surface area (Å²) in [4.78, 5) is 23.5. The molecule has 2 amide bonds. The zero-order valence-electron chi connectivity index (χ0n) is 12.5. The molecule has 0 spiro atoms. The quantitative estimate of drug-likeness (QED) is 0.746. The summed E-state index contributed by atoms with van der Waals surface area (Å²) < 4.78 is 0. The lowest BCUT2D eigenvalue weighted by Gasteiger charge is -2.18. The van der Waals surface area contributed by atoms with E-state index in [4.69, 9.17) is 17.3 Å². The molecule has 21 heavy (non-hydrogen) atoms. The van der Waals surface area contributed by atoms with Crippen molar-refractivity contribution < 1.29 is 9.59 Å². The molecule has 0 fully saturated rings. The molecule has 0 unspecified atom stereocenters. The number of carbonyl (C=O) groups is 2. The third-order valence-corrected chi connectivity index (χ3v) is 3.54. The Bertz CT molecular complexity index is 505. The Morgan fingerprint density at radius 2 is 1.86 bits per heavy atom. The van der Waals surface area contributed by atoms with E-state index in [0.717, 1.165) is 5.56 Å². The fourth-order valence-electron chi connectivity index (χ4n) is 1.78. The molecular weight excluding hydrogens is 290 g/mol. The number of hydrogen-bond acceptors (Lipinski definition) is 3. The molecule has 2 atom stereocenters. The highest BCUT2D eigenvalue weighted by Gasteiger charge is 2.18. The molecule has 116 valence electrons. The fourth-order valence-corrected chi connectivity index (χ4v) is 2.08. The number of hydrogen-bond donors (Lipinski definition) is 3. The second-order valence-electron chi connectivity index (χ2n) is 5.30. The van der Waals surface area contributed by atoms with Gasteiger partial charge in [-0.1, -0.05) is 43.6 Å². The molecule has 1 aromatic rings. The number of nitrogens with two attached hydrogens (primary N) is 1. The number of halogens is 1. The molecule has 1 rings (SSSR count). The van der Waals surface area contributed by atoms with Gasteiger partial charge in [-0.2, -0.15) is 0 Å². The Morgan fingerprint density at radius 1 is 1.24 bits per heavy atom. The van der Waals surface area contributed by atoms with Gasteiger partial charge in [0, 0.05) is 5.02 Å². The molecule has 0 radical (unpaired) electrons. The van der Waals surface area contributed by atoms with E-state index in [9.17, 15) is 9.59 Å². The topological polar surface area (TPSA) is 84.2 Å². The fraction of sp³-hybridized carbons (Fsp3) is 0.467. The van der Waals surface area contributed by atoms with Crippen molar-refractivity contribution in [2.75, 3.05) is 6.54 Å². The van der Waals surface area contributed by atoms with Crippen molar-refractivity contribution in [3.63, 3.8) is 0 Å². The second kappa shape index (κ2) is 8.00. The van der Waals surface area contributed by atoms with Crippen molar-refractivity contribution in [2.24, 2.45) is 11.7 Å². The van der Waals surface area contributed by atoms with E-state index in [1.54, 1.807) is 6.07 Å². The van der Waals surface area contributed by atoms with Crippen LogP contribution in [0.2, 0.25) is 5.02 Å². The van der Waals surface area contributed by atoms with Crippen LogP contribution in [0.1, 0.15) is 32.4 Å². The average molecular weight is 312 g/mol. The Hall–Kier alpha value is -1.59. The number of amides is 2. The molecule has 6 heteroatoms. The van der Waals surface area contributed by atoms with Gasteiger partial charge in [0.2, 0.25) is 11.8 Å². The van der Waals surface area contributed by atoms with Crippen LogP contribution >= 0.6 is 11.6 Å². The summed E-state index contributed by atoms with van der Waals surface area (Å²) in [5, 5.41) is 5.90. The predicted molar refractivity (Wildman–Crippen MR) is 83.8 cm³/mol. The summed E-state index contributed by atoms with van der Waals surface area (Å²) in [5.41, 5.74) is 6.53. The van der Waals surface area contributed by atoms with Crippen molar-refractivity contribution in [3.8, 4) is 0 Å². The minimum Gasteiger partial charge on any atom is -0.348 e. The van der Waals surface area contributed by atoms with Gasteiger partial charge in [0.25, 0.3) is 0 Å². The highest BCUT2D eigenvalue weighted by molar-refractivity contribution is 6.31. The minimum atomic E-state index is -0.612. The van der Waals surface area contributed by atoms with Crippen LogP contribution in [0.4, 0.5) is 0 Å². The highest BCUT2D eigenvalue weighted by Crippen LogP contribution is 2.21. The molecule has 5 nitrogen and oxygen atoms in total. The summed E-state index contributed by atoms with van der Waals surface area (Å²) >= 11 is 6.07. The first-order valence-corrected chi connectivity index (χ1v) is 7.27. The average Bonchev–Trinajstić information content (AvgIpc) is 2.44. The molecule has 0 aliphatic heterocycles. The van der Waals surface area contributed by atoms with Gasteiger partial charge in [0.15, 0.2) is 0 Å². The summed E-state index contributed by atoms with van der Waals surface area (Å²) in [6, 6.07) is 6.45. The molecule has 0 heterocycles. The number of benzene rings is 1. The maximum absolute atomic E-state index is 11.8. The molecule has 0 saturated heterocycles. The van der Waals surface area contributed by atoms with Crippen molar-refractivity contribution in [3.05, 3.63) is 34.9 Å². The number of nitrogens with one attached hydrogen (secondary N) is 2. The van der Waals surface area contributed by atoms with Crippen LogP contribution < -0.4 is 16.4 Å². The van der Waals surface area contributed by atoms with Gasteiger partial charge in [-0.25, -0.2) is 0 Å². The summed E-state index contributed by atoms with van der Waals surface area (Å²) in [6.45, 7) is 5.43. The van der Waals surface area contributed by atoms with Gasteiger partial charge in [0.1, 0.15) is 0 Å². The van der Waals surface area contributed by atoms with Crippen molar-refractivity contribution in [1.82, 2.24) is 10.6 Å². The molecule has 0 aromatic heterocycles. The van der Waals surface area contributed by atoms with Crippen LogP contribution in [0, 0.1) is 5.92 Å². The van der Waals surface area contributed by atoms with E-state index < -0.39 is 6.04 Å². The Morgan fingerprint density at radius 3 is 2.43 bits per heavy atom. The van der Waals surface area contributed by atoms with Crippen LogP contribution in [-0.4, -0.2) is 24.4 Å². The maximum Gasteiger partial charge on any atom is 0.239 e. The molecule has 0 aliphatic carbocycles. The lowest BCUT2D eigenvalue weighted by Crippen LogP contribution is -2.47. The highest BCUT2D eigenvalue weighted by atomic mass is 35.5. The first-order chi connectivity index (χ1) is 9.82. The predicted octanol–water partition coefficient (Wildman–Crippen LogP) is 1.62. The van der Waals surface area contributed by atoms with Crippen molar-refractivity contribution >= 4 is 23.4 Å². The zero-order chi connectivity index (χ0) is 16.0. The standard InChI is InChI=1S/C15H22ClN3O2/c1-9(2)14(17)15(21)18-8-13(20)19-10(3)11-6-4-5-7-12(11)16/h4-7,9-10,14H,8,17H2,1-3H3,(H,18,21)(H,19,20)/t10-,14-/m0/s1. The summed E-state index contributed by atoms with van der Waals surface area (Å²) in [7, 11) is 0. The normalized spacial score (nSPS) is 13.6. The lowest BCUT2D eigenvalue weighted by molar-refractivity contribution is -0.127. The third-order valence-electron chi connectivity index (χ3n) is 3.19. The summed E-state index contributed by atoms with van der Waals surface area (Å²) in [6.07, 6.45) is 0. The summed E-state index contributed by atoms with van der Waals surface area (Å²) in [5.74, 6) is -0.590. The molecule has 4 N–H and O–H groups in total. The lowest BCUT2D eigenvalue weighted by atomic mass is 10.1. The molecular formula is C15H22ClN3O2. The first-order valence-electron chi connectivity index (χ1n) is 6.90. The number of rotatable bonds is 6. The minimum absolute atomic E-state index is 0.0233. The Labute approximate surface area is 130 Å². The van der Waals surface area contributed by atoms with Crippen LogP contribution in [0.15, 0.2) is 24.3 Å². The first kappa shape index (κ1) is 17.5. The largest absolute Gasteiger partial charge is 0.348 e. The van der Waals surface area contributed by atoms with Gasteiger partial charge >= 0.3 is 0 Å². The van der Waals surface area contributed by atoms with E-state index in [1.165, 1.54) is 0 Å². The van der Waals surface area contributed by atoms with Gasteiger partial charge in [-0.05, 0) is 24.5 Å². The Kier molecular flexibility index (Phi) is 6.65.